The van der Waals surface area contributed by atoms with Gasteiger partial charge in [0.15, 0.2) is 0 Å². The highest BCUT2D eigenvalue weighted by molar-refractivity contribution is 5.84. The molecule has 0 amide bonds. The lowest BCUT2D eigenvalue weighted by molar-refractivity contribution is -0.122. The number of hydrogen-bond donors (Lipinski definition) is 1. The highest BCUT2D eigenvalue weighted by Crippen LogP contribution is 2.29. The van der Waals surface area contributed by atoms with E-state index in [2.05, 4.69) is 0 Å². The van der Waals surface area contributed by atoms with Gasteiger partial charge in [0.05, 0.1) is 6.04 Å². The van der Waals surface area contributed by atoms with Crippen LogP contribution in [0.4, 0.5) is 0 Å². The SMILES string of the molecule is COCCC(N)C(=O)CC1CCC1. The zero-order chi connectivity index (χ0) is 9.68. The maximum absolute atomic E-state index is 11.5. The summed E-state index contributed by atoms with van der Waals surface area (Å²) in [4.78, 5) is 11.5. The second-order valence-corrected chi connectivity index (χ2v) is 3.86. The van der Waals surface area contributed by atoms with Gasteiger partial charge in [-0.3, -0.25) is 4.79 Å². The molecule has 1 fully saturated rings. The molecular weight excluding hydrogens is 166 g/mol. The van der Waals surface area contributed by atoms with Gasteiger partial charge in [0.2, 0.25) is 0 Å². The van der Waals surface area contributed by atoms with Crippen LogP contribution in [0.3, 0.4) is 0 Å². The Morgan fingerprint density at radius 2 is 2.31 bits per heavy atom. The Balaban J connectivity index is 2.13. The molecule has 0 aliphatic heterocycles. The first-order chi connectivity index (χ1) is 6.24. The van der Waals surface area contributed by atoms with Crippen LogP contribution >= 0.6 is 0 Å². The molecule has 0 saturated heterocycles. The Hall–Kier alpha value is -0.410. The predicted molar refractivity (Wildman–Crippen MR) is 51.4 cm³/mol. The quantitative estimate of drug-likeness (QED) is 0.674. The predicted octanol–water partition coefficient (Wildman–Crippen LogP) is 1.11. The molecule has 0 bridgehead atoms. The highest BCUT2D eigenvalue weighted by Gasteiger charge is 2.23. The Morgan fingerprint density at radius 3 is 2.77 bits per heavy atom. The topological polar surface area (TPSA) is 52.3 Å². The van der Waals surface area contributed by atoms with Crippen molar-refractivity contribution in [2.45, 2.75) is 38.1 Å². The summed E-state index contributed by atoms with van der Waals surface area (Å²) >= 11 is 0. The minimum atomic E-state index is -0.305. The summed E-state index contributed by atoms with van der Waals surface area (Å²) in [5, 5.41) is 0. The lowest BCUT2D eigenvalue weighted by atomic mass is 9.81. The first kappa shape index (κ1) is 10.7. The van der Waals surface area contributed by atoms with Gasteiger partial charge in [0.25, 0.3) is 0 Å². The van der Waals surface area contributed by atoms with Gasteiger partial charge in [-0.1, -0.05) is 19.3 Å². The molecule has 0 radical (unpaired) electrons. The fourth-order valence-corrected chi connectivity index (χ4v) is 1.54. The van der Waals surface area contributed by atoms with Crippen LogP contribution in [0.2, 0.25) is 0 Å². The van der Waals surface area contributed by atoms with Crippen molar-refractivity contribution in [2.75, 3.05) is 13.7 Å². The largest absolute Gasteiger partial charge is 0.385 e. The average Bonchev–Trinajstić information content (AvgIpc) is 2.06. The van der Waals surface area contributed by atoms with Crippen molar-refractivity contribution in [3.8, 4) is 0 Å². The summed E-state index contributed by atoms with van der Waals surface area (Å²) in [6.45, 7) is 0.581. The molecule has 0 heterocycles. The normalized spacial score (nSPS) is 19.5. The van der Waals surface area contributed by atoms with E-state index in [0.29, 0.717) is 25.4 Å². The third-order valence-electron chi connectivity index (χ3n) is 2.76. The maximum atomic E-state index is 11.5. The van der Waals surface area contributed by atoms with E-state index in [1.807, 2.05) is 0 Å². The molecule has 1 rings (SSSR count). The van der Waals surface area contributed by atoms with E-state index in [-0.39, 0.29) is 11.8 Å². The van der Waals surface area contributed by atoms with E-state index >= 15 is 0 Å². The number of ether oxygens (including phenoxy) is 1. The van der Waals surface area contributed by atoms with Crippen molar-refractivity contribution in [3.05, 3.63) is 0 Å². The fraction of sp³-hybridized carbons (Fsp3) is 0.900. The Labute approximate surface area is 79.6 Å². The van der Waals surface area contributed by atoms with Crippen LogP contribution in [-0.2, 0) is 9.53 Å². The molecule has 76 valence electrons. The van der Waals surface area contributed by atoms with Crippen molar-refractivity contribution < 1.29 is 9.53 Å². The molecule has 3 nitrogen and oxygen atoms in total. The molecule has 3 heteroatoms. The molecule has 1 aliphatic carbocycles. The first-order valence-electron chi connectivity index (χ1n) is 5.01. The van der Waals surface area contributed by atoms with Crippen LogP contribution in [0.1, 0.15) is 32.1 Å². The van der Waals surface area contributed by atoms with E-state index in [4.69, 9.17) is 10.5 Å². The molecule has 0 spiro atoms. The van der Waals surface area contributed by atoms with Crippen molar-refractivity contribution >= 4 is 5.78 Å². The number of carbonyl (C=O) groups is 1. The van der Waals surface area contributed by atoms with Gasteiger partial charge >= 0.3 is 0 Å². The number of Topliss-reactive ketones (excluding diaryl/α,β-unsaturated/α-hetero) is 1. The van der Waals surface area contributed by atoms with Gasteiger partial charge in [-0.2, -0.15) is 0 Å². The summed E-state index contributed by atoms with van der Waals surface area (Å²) in [6, 6.07) is -0.305. The molecule has 1 atom stereocenters. The molecule has 0 aromatic carbocycles. The third kappa shape index (κ3) is 3.44. The van der Waals surface area contributed by atoms with Crippen LogP contribution in [-0.4, -0.2) is 25.5 Å². The summed E-state index contributed by atoms with van der Waals surface area (Å²) in [6.07, 6.45) is 5.05. The van der Waals surface area contributed by atoms with Crippen molar-refractivity contribution in [1.29, 1.82) is 0 Å². The number of hydrogen-bond acceptors (Lipinski definition) is 3. The minimum Gasteiger partial charge on any atom is -0.385 e. The van der Waals surface area contributed by atoms with Crippen LogP contribution in [0.15, 0.2) is 0 Å². The van der Waals surface area contributed by atoms with Crippen LogP contribution in [0.25, 0.3) is 0 Å². The third-order valence-corrected chi connectivity index (χ3v) is 2.76. The zero-order valence-corrected chi connectivity index (χ0v) is 8.29. The molecule has 0 aromatic heterocycles. The van der Waals surface area contributed by atoms with E-state index in [1.54, 1.807) is 7.11 Å². The van der Waals surface area contributed by atoms with Gasteiger partial charge in [0.1, 0.15) is 5.78 Å². The standard InChI is InChI=1S/C10H19NO2/c1-13-6-5-9(11)10(12)7-8-3-2-4-8/h8-9H,2-7,11H2,1H3. The van der Waals surface area contributed by atoms with E-state index in [0.717, 1.165) is 0 Å². The van der Waals surface area contributed by atoms with Crippen LogP contribution in [0.5, 0.6) is 0 Å². The second kappa shape index (κ2) is 5.35. The van der Waals surface area contributed by atoms with Gasteiger partial charge in [0, 0.05) is 20.1 Å². The van der Waals surface area contributed by atoms with E-state index < -0.39 is 0 Å². The number of methoxy groups -OCH3 is 1. The molecule has 1 aliphatic rings. The van der Waals surface area contributed by atoms with Crippen LogP contribution in [0, 0.1) is 5.92 Å². The van der Waals surface area contributed by atoms with Gasteiger partial charge in [-0.15, -0.1) is 0 Å². The summed E-state index contributed by atoms with van der Waals surface area (Å²) in [5.74, 6) is 0.836. The molecule has 0 aromatic rings. The number of rotatable bonds is 6. The fourth-order valence-electron chi connectivity index (χ4n) is 1.54. The molecule has 1 unspecified atom stereocenters. The van der Waals surface area contributed by atoms with E-state index in [1.165, 1.54) is 19.3 Å². The molecule has 2 N–H and O–H groups in total. The molecule has 13 heavy (non-hydrogen) atoms. The Morgan fingerprint density at radius 1 is 1.62 bits per heavy atom. The Kier molecular flexibility index (Phi) is 4.39. The smallest absolute Gasteiger partial charge is 0.149 e. The molecular formula is C10H19NO2. The highest BCUT2D eigenvalue weighted by atomic mass is 16.5. The number of ketones is 1. The zero-order valence-electron chi connectivity index (χ0n) is 8.29. The van der Waals surface area contributed by atoms with Gasteiger partial charge in [-0.05, 0) is 12.3 Å². The number of nitrogens with two attached hydrogens (primary N) is 1. The number of carbonyl (C=O) groups excluding carboxylic acids is 1. The minimum absolute atomic E-state index is 0.210. The first-order valence-corrected chi connectivity index (χ1v) is 5.01. The van der Waals surface area contributed by atoms with Crippen molar-refractivity contribution in [2.24, 2.45) is 11.7 Å². The monoisotopic (exact) mass is 185 g/mol. The average molecular weight is 185 g/mol. The Bertz CT molecular complexity index is 166. The van der Waals surface area contributed by atoms with Crippen LogP contribution < -0.4 is 5.73 Å². The lowest BCUT2D eigenvalue weighted by Gasteiger charge is -2.25. The van der Waals surface area contributed by atoms with E-state index in [9.17, 15) is 4.79 Å². The van der Waals surface area contributed by atoms with Crippen molar-refractivity contribution in [1.82, 2.24) is 0 Å². The lowest BCUT2D eigenvalue weighted by Crippen LogP contribution is -2.33. The molecule has 1 saturated carbocycles. The summed E-state index contributed by atoms with van der Waals surface area (Å²) in [5.41, 5.74) is 5.70. The summed E-state index contributed by atoms with van der Waals surface area (Å²) in [7, 11) is 1.63. The summed E-state index contributed by atoms with van der Waals surface area (Å²) < 4.78 is 4.88. The maximum Gasteiger partial charge on any atom is 0.149 e. The second-order valence-electron chi connectivity index (χ2n) is 3.86. The van der Waals surface area contributed by atoms with Gasteiger partial charge < -0.3 is 10.5 Å². The van der Waals surface area contributed by atoms with Crippen molar-refractivity contribution in [3.63, 3.8) is 0 Å². The van der Waals surface area contributed by atoms with Gasteiger partial charge in [-0.25, -0.2) is 0 Å².